The molecule has 3 aromatic rings. The van der Waals surface area contributed by atoms with E-state index in [1.807, 2.05) is 23.6 Å². The van der Waals surface area contributed by atoms with E-state index >= 15 is 0 Å². The quantitative estimate of drug-likeness (QED) is 0.697. The molecule has 0 amide bonds. The molecule has 0 saturated heterocycles. The van der Waals surface area contributed by atoms with Gasteiger partial charge in [-0.05, 0) is 47.6 Å². The Morgan fingerprint density at radius 1 is 1.30 bits per heavy atom. The van der Waals surface area contributed by atoms with Crippen LogP contribution in [-0.4, -0.2) is 9.55 Å². The summed E-state index contributed by atoms with van der Waals surface area (Å²) in [5.41, 5.74) is 3.42. The standard InChI is InChI=1S/C15H12N2OS2/c18-14-13-11(7-8-20-13)16-15(19)17(14)12-6-5-9-3-1-2-4-10(9)12/h1-4,7-8,12H,5-6H2,(H,16,19). The molecule has 0 fully saturated rings. The number of benzene rings is 1. The number of hydrogen-bond acceptors (Lipinski definition) is 3. The van der Waals surface area contributed by atoms with E-state index in [4.69, 9.17) is 12.2 Å². The lowest BCUT2D eigenvalue weighted by Crippen LogP contribution is -2.25. The molecule has 5 heteroatoms. The minimum atomic E-state index is 0.0282. The van der Waals surface area contributed by atoms with Crippen LogP contribution in [0.5, 0.6) is 0 Å². The van der Waals surface area contributed by atoms with Crippen LogP contribution in [-0.2, 0) is 6.42 Å². The second kappa shape index (κ2) is 4.40. The van der Waals surface area contributed by atoms with Gasteiger partial charge in [-0.15, -0.1) is 11.3 Å². The summed E-state index contributed by atoms with van der Waals surface area (Å²) in [6.07, 6.45) is 1.94. The van der Waals surface area contributed by atoms with Crippen molar-refractivity contribution in [1.82, 2.24) is 9.55 Å². The Morgan fingerprint density at radius 3 is 3.05 bits per heavy atom. The van der Waals surface area contributed by atoms with Crippen LogP contribution < -0.4 is 5.56 Å². The van der Waals surface area contributed by atoms with E-state index in [2.05, 4.69) is 17.1 Å². The van der Waals surface area contributed by atoms with Gasteiger partial charge in [0, 0.05) is 0 Å². The lowest BCUT2D eigenvalue weighted by Gasteiger charge is -2.15. The highest BCUT2D eigenvalue weighted by Gasteiger charge is 2.25. The molecule has 1 unspecified atom stereocenters. The van der Waals surface area contributed by atoms with Crippen molar-refractivity contribution >= 4 is 33.8 Å². The van der Waals surface area contributed by atoms with Crippen LogP contribution in [0.25, 0.3) is 10.2 Å². The van der Waals surface area contributed by atoms with Gasteiger partial charge >= 0.3 is 0 Å². The maximum atomic E-state index is 12.7. The Hall–Kier alpha value is -1.72. The zero-order valence-corrected chi connectivity index (χ0v) is 12.3. The SMILES string of the molecule is O=c1c2sccc2[nH]c(=S)n1C1CCc2ccccc21. The Balaban J connectivity index is 2.01. The molecule has 20 heavy (non-hydrogen) atoms. The van der Waals surface area contributed by atoms with E-state index in [1.54, 1.807) is 4.57 Å². The summed E-state index contributed by atoms with van der Waals surface area (Å²) in [6.45, 7) is 0. The van der Waals surface area contributed by atoms with E-state index in [1.165, 1.54) is 22.5 Å². The van der Waals surface area contributed by atoms with Crippen molar-refractivity contribution in [3.05, 3.63) is 62.0 Å². The number of rotatable bonds is 1. The largest absolute Gasteiger partial charge is 0.331 e. The summed E-state index contributed by atoms with van der Waals surface area (Å²) in [5, 5.41) is 1.92. The van der Waals surface area contributed by atoms with Crippen LogP contribution in [0.4, 0.5) is 0 Å². The Bertz CT molecular complexity index is 919. The van der Waals surface area contributed by atoms with E-state index < -0.39 is 0 Å². The molecule has 0 saturated carbocycles. The Kier molecular flexibility index (Phi) is 2.65. The number of nitrogens with zero attached hydrogens (tertiary/aromatic N) is 1. The first kappa shape index (κ1) is 12.1. The molecule has 2 heterocycles. The predicted octanol–water partition coefficient (Wildman–Crippen LogP) is 3.66. The first-order valence-corrected chi connectivity index (χ1v) is 7.84. The topological polar surface area (TPSA) is 37.8 Å². The number of aromatic nitrogens is 2. The third kappa shape index (κ3) is 1.63. The molecular weight excluding hydrogens is 288 g/mol. The van der Waals surface area contributed by atoms with Crippen molar-refractivity contribution in [3.8, 4) is 0 Å². The molecule has 1 aliphatic rings. The fraction of sp³-hybridized carbons (Fsp3) is 0.200. The highest BCUT2D eigenvalue weighted by Crippen LogP contribution is 2.33. The summed E-state index contributed by atoms with van der Waals surface area (Å²) in [4.78, 5) is 15.9. The predicted molar refractivity (Wildman–Crippen MR) is 84.2 cm³/mol. The van der Waals surface area contributed by atoms with Crippen LogP contribution in [0.15, 0.2) is 40.5 Å². The minimum absolute atomic E-state index is 0.0282. The summed E-state index contributed by atoms with van der Waals surface area (Å²) in [5.74, 6) is 0. The van der Waals surface area contributed by atoms with Gasteiger partial charge in [0.25, 0.3) is 5.56 Å². The molecule has 0 spiro atoms. The second-order valence-electron chi connectivity index (χ2n) is 5.02. The zero-order valence-electron chi connectivity index (χ0n) is 10.6. The van der Waals surface area contributed by atoms with Gasteiger partial charge in [0.05, 0.1) is 11.6 Å². The van der Waals surface area contributed by atoms with Crippen molar-refractivity contribution in [3.63, 3.8) is 0 Å². The normalized spacial score (nSPS) is 17.5. The number of hydrogen-bond donors (Lipinski definition) is 1. The lowest BCUT2D eigenvalue weighted by atomic mass is 10.1. The number of H-pyrrole nitrogens is 1. The van der Waals surface area contributed by atoms with Crippen molar-refractivity contribution < 1.29 is 0 Å². The van der Waals surface area contributed by atoms with Crippen LogP contribution in [0.1, 0.15) is 23.6 Å². The minimum Gasteiger partial charge on any atom is -0.331 e. The molecule has 1 atom stereocenters. The van der Waals surface area contributed by atoms with E-state index in [0.29, 0.717) is 4.77 Å². The fourth-order valence-corrected chi connectivity index (χ4v) is 4.14. The molecule has 0 radical (unpaired) electrons. The van der Waals surface area contributed by atoms with E-state index in [-0.39, 0.29) is 11.6 Å². The number of aryl methyl sites for hydroxylation is 1. The van der Waals surface area contributed by atoms with Gasteiger partial charge in [-0.1, -0.05) is 24.3 Å². The Morgan fingerprint density at radius 2 is 2.15 bits per heavy atom. The van der Waals surface area contributed by atoms with Crippen molar-refractivity contribution in [2.24, 2.45) is 0 Å². The van der Waals surface area contributed by atoms with Gasteiger partial charge in [-0.2, -0.15) is 0 Å². The van der Waals surface area contributed by atoms with Gasteiger partial charge < -0.3 is 4.98 Å². The molecule has 1 aromatic carbocycles. The summed E-state index contributed by atoms with van der Waals surface area (Å²) >= 11 is 6.88. The van der Waals surface area contributed by atoms with Crippen LogP contribution in [0, 0.1) is 4.77 Å². The van der Waals surface area contributed by atoms with Crippen molar-refractivity contribution in [2.75, 3.05) is 0 Å². The van der Waals surface area contributed by atoms with Gasteiger partial charge in [-0.25, -0.2) is 0 Å². The van der Waals surface area contributed by atoms with Crippen LogP contribution in [0.2, 0.25) is 0 Å². The van der Waals surface area contributed by atoms with Gasteiger partial charge in [0.2, 0.25) is 0 Å². The molecule has 1 aliphatic carbocycles. The highest BCUT2D eigenvalue weighted by molar-refractivity contribution is 7.71. The molecule has 2 aromatic heterocycles. The first-order chi connectivity index (χ1) is 9.75. The summed E-state index contributed by atoms with van der Waals surface area (Å²) in [7, 11) is 0. The number of nitrogens with one attached hydrogen (secondary N) is 1. The Labute approximate surface area is 124 Å². The maximum Gasteiger partial charge on any atom is 0.272 e. The average molecular weight is 300 g/mol. The van der Waals surface area contributed by atoms with Crippen molar-refractivity contribution in [1.29, 1.82) is 0 Å². The second-order valence-corrected chi connectivity index (χ2v) is 6.32. The number of thiophene rings is 1. The molecule has 1 N–H and O–H groups in total. The third-order valence-electron chi connectivity index (χ3n) is 3.95. The van der Waals surface area contributed by atoms with Crippen LogP contribution >= 0.6 is 23.6 Å². The molecular formula is C15H12N2OS2. The highest BCUT2D eigenvalue weighted by atomic mass is 32.1. The summed E-state index contributed by atoms with van der Waals surface area (Å²) in [6, 6.07) is 10.3. The average Bonchev–Trinajstić information content (AvgIpc) is 3.06. The van der Waals surface area contributed by atoms with Crippen molar-refractivity contribution in [2.45, 2.75) is 18.9 Å². The number of fused-ring (bicyclic) bond motifs is 2. The van der Waals surface area contributed by atoms with Gasteiger partial charge in [-0.3, -0.25) is 9.36 Å². The summed E-state index contributed by atoms with van der Waals surface area (Å²) < 4.78 is 3.02. The molecule has 0 aliphatic heterocycles. The molecule has 4 rings (SSSR count). The molecule has 3 nitrogen and oxygen atoms in total. The lowest BCUT2D eigenvalue weighted by molar-refractivity contribution is 0.550. The van der Waals surface area contributed by atoms with E-state index in [0.717, 1.165) is 23.1 Å². The van der Waals surface area contributed by atoms with Gasteiger partial charge in [0.1, 0.15) is 4.70 Å². The third-order valence-corrected chi connectivity index (χ3v) is 5.15. The smallest absolute Gasteiger partial charge is 0.272 e. The molecule has 0 bridgehead atoms. The zero-order chi connectivity index (χ0) is 13.7. The fourth-order valence-electron chi connectivity index (χ4n) is 3.04. The maximum absolute atomic E-state index is 12.7. The molecule has 100 valence electrons. The monoisotopic (exact) mass is 300 g/mol. The first-order valence-electron chi connectivity index (χ1n) is 6.55. The van der Waals surface area contributed by atoms with Gasteiger partial charge in [0.15, 0.2) is 4.77 Å². The number of aromatic amines is 1. The van der Waals surface area contributed by atoms with E-state index in [9.17, 15) is 4.79 Å². The van der Waals surface area contributed by atoms with Crippen LogP contribution in [0.3, 0.4) is 0 Å².